The topological polar surface area (TPSA) is 66.8 Å². The Balaban J connectivity index is 1.38. The van der Waals surface area contributed by atoms with Gasteiger partial charge >= 0.3 is 0 Å². The van der Waals surface area contributed by atoms with E-state index >= 15 is 0 Å². The van der Waals surface area contributed by atoms with E-state index in [0.29, 0.717) is 6.54 Å². The SMILES string of the molecule is O=C(NC1CCCCC1)[C@@H]1c2cccn2-c2sc3c(c2C(=O)N1CCN1CCOCC1)CCCC3. The van der Waals surface area contributed by atoms with E-state index in [9.17, 15) is 9.59 Å². The lowest BCUT2D eigenvalue weighted by Crippen LogP contribution is -2.49. The molecule has 2 amide bonds. The minimum Gasteiger partial charge on any atom is -0.379 e. The number of thiophene rings is 1. The van der Waals surface area contributed by atoms with Gasteiger partial charge in [0.25, 0.3) is 5.91 Å². The minimum absolute atomic E-state index is 0.0279. The van der Waals surface area contributed by atoms with Crippen molar-refractivity contribution in [2.24, 2.45) is 0 Å². The number of nitrogens with zero attached hydrogens (tertiary/aromatic N) is 3. The normalized spacial score (nSPS) is 23.4. The molecule has 0 radical (unpaired) electrons. The fraction of sp³-hybridized carbons (Fsp3) is 0.630. The summed E-state index contributed by atoms with van der Waals surface area (Å²) in [6.07, 6.45) is 12.0. The van der Waals surface area contributed by atoms with Crippen LogP contribution in [0.25, 0.3) is 5.00 Å². The Hall–Kier alpha value is -2.16. The van der Waals surface area contributed by atoms with Crippen LogP contribution in [0, 0.1) is 0 Å². The van der Waals surface area contributed by atoms with Crippen molar-refractivity contribution in [3.8, 4) is 5.00 Å². The number of hydrogen-bond donors (Lipinski definition) is 1. The predicted molar refractivity (Wildman–Crippen MR) is 136 cm³/mol. The van der Waals surface area contributed by atoms with Crippen LogP contribution in [0.4, 0.5) is 0 Å². The number of aryl methyl sites for hydroxylation is 1. The molecule has 188 valence electrons. The van der Waals surface area contributed by atoms with E-state index < -0.39 is 6.04 Å². The van der Waals surface area contributed by atoms with E-state index in [-0.39, 0.29) is 17.9 Å². The Morgan fingerprint density at radius 3 is 2.69 bits per heavy atom. The quantitative estimate of drug-likeness (QED) is 0.686. The highest BCUT2D eigenvalue weighted by molar-refractivity contribution is 7.15. The summed E-state index contributed by atoms with van der Waals surface area (Å²) in [7, 11) is 0. The second kappa shape index (κ2) is 10.1. The number of carbonyl (C=O) groups excluding carboxylic acids is 2. The second-order valence-electron chi connectivity index (χ2n) is 10.4. The van der Waals surface area contributed by atoms with Crippen molar-refractivity contribution >= 4 is 23.2 Å². The maximum atomic E-state index is 14.3. The summed E-state index contributed by atoms with van der Waals surface area (Å²) in [5.41, 5.74) is 2.98. The lowest BCUT2D eigenvalue weighted by atomic mass is 9.94. The van der Waals surface area contributed by atoms with E-state index in [1.165, 1.54) is 23.3 Å². The van der Waals surface area contributed by atoms with Crippen LogP contribution in [0.2, 0.25) is 0 Å². The van der Waals surface area contributed by atoms with Gasteiger partial charge in [-0.1, -0.05) is 19.3 Å². The third-order valence-electron chi connectivity index (χ3n) is 8.18. The lowest BCUT2D eigenvalue weighted by Gasteiger charge is -2.34. The molecule has 35 heavy (non-hydrogen) atoms. The number of nitrogens with one attached hydrogen (secondary N) is 1. The van der Waals surface area contributed by atoms with Gasteiger partial charge in [0.15, 0.2) is 6.04 Å². The molecule has 4 heterocycles. The summed E-state index contributed by atoms with van der Waals surface area (Å²) in [5, 5.41) is 4.35. The Kier molecular flexibility index (Phi) is 6.69. The first kappa shape index (κ1) is 23.3. The lowest BCUT2D eigenvalue weighted by molar-refractivity contribution is -0.127. The zero-order chi connectivity index (χ0) is 23.8. The van der Waals surface area contributed by atoms with Crippen molar-refractivity contribution in [3.05, 3.63) is 40.0 Å². The predicted octanol–water partition coefficient (Wildman–Crippen LogP) is 3.70. The average molecular weight is 497 g/mol. The Morgan fingerprint density at radius 2 is 1.86 bits per heavy atom. The zero-order valence-corrected chi connectivity index (χ0v) is 21.3. The largest absolute Gasteiger partial charge is 0.379 e. The van der Waals surface area contributed by atoms with E-state index in [0.717, 1.165) is 94.1 Å². The summed E-state index contributed by atoms with van der Waals surface area (Å²) < 4.78 is 7.66. The summed E-state index contributed by atoms with van der Waals surface area (Å²) in [6, 6.07) is 3.66. The fourth-order valence-corrected chi connectivity index (χ4v) is 7.66. The molecular weight excluding hydrogens is 460 g/mol. The first-order chi connectivity index (χ1) is 17.2. The van der Waals surface area contributed by atoms with E-state index in [2.05, 4.69) is 14.8 Å². The molecule has 0 unspecified atom stereocenters. The van der Waals surface area contributed by atoms with Gasteiger partial charge in [0, 0.05) is 43.3 Å². The molecule has 4 aliphatic rings. The van der Waals surface area contributed by atoms with Crippen molar-refractivity contribution in [1.29, 1.82) is 0 Å². The van der Waals surface area contributed by atoms with Gasteiger partial charge in [0.05, 0.1) is 24.5 Å². The Morgan fingerprint density at radius 1 is 1.06 bits per heavy atom. The van der Waals surface area contributed by atoms with Gasteiger partial charge in [-0.25, -0.2) is 0 Å². The fourth-order valence-electron chi connectivity index (χ4n) is 6.27. The van der Waals surface area contributed by atoms with E-state index in [1.54, 1.807) is 11.3 Å². The standard InChI is InChI=1S/C27H36N4O3S/c32-25(28-19-7-2-1-3-8-19)24-21-10-6-12-30(21)27-23(20-9-4-5-11-22(20)35-27)26(33)31(24)14-13-29-15-17-34-18-16-29/h6,10,12,19,24H,1-5,7-9,11,13-18H2,(H,28,32)/t24-/m0/s1. The van der Waals surface area contributed by atoms with Crippen molar-refractivity contribution < 1.29 is 14.3 Å². The van der Waals surface area contributed by atoms with Gasteiger partial charge in [0.1, 0.15) is 5.00 Å². The maximum absolute atomic E-state index is 14.3. The third-order valence-corrected chi connectivity index (χ3v) is 9.47. The molecule has 6 rings (SSSR count). The number of carbonyl (C=O) groups is 2. The molecule has 0 spiro atoms. The van der Waals surface area contributed by atoms with Crippen LogP contribution in [0.15, 0.2) is 18.3 Å². The monoisotopic (exact) mass is 496 g/mol. The average Bonchev–Trinajstić information content (AvgIpc) is 3.50. The first-order valence-corrected chi connectivity index (χ1v) is 14.3. The molecule has 8 heteroatoms. The van der Waals surface area contributed by atoms with E-state index in [1.807, 2.05) is 23.2 Å². The number of morpholine rings is 1. The number of rotatable bonds is 5. The Bertz CT molecular complexity index is 1080. The molecule has 1 N–H and O–H groups in total. The van der Waals surface area contributed by atoms with E-state index in [4.69, 9.17) is 4.74 Å². The molecule has 1 atom stereocenters. The Labute approximate surface area is 211 Å². The first-order valence-electron chi connectivity index (χ1n) is 13.4. The summed E-state index contributed by atoms with van der Waals surface area (Å²) in [6.45, 7) is 4.49. The van der Waals surface area contributed by atoms with Crippen molar-refractivity contribution in [2.45, 2.75) is 69.9 Å². The number of ether oxygens (including phenoxy) is 1. The second-order valence-corrected chi connectivity index (χ2v) is 11.5. The zero-order valence-electron chi connectivity index (χ0n) is 20.5. The molecule has 2 aromatic heterocycles. The molecule has 2 aliphatic heterocycles. The molecule has 2 fully saturated rings. The third kappa shape index (κ3) is 4.45. The van der Waals surface area contributed by atoms with Crippen molar-refractivity contribution in [3.63, 3.8) is 0 Å². The van der Waals surface area contributed by atoms with Crippen LogP contribution in [-0.4, -0.2) is 71.6 Å². The molecule has 7 nitrogen and oxygen atoms in total. The summed E-state index contributed by atoms with van der Waals surface area (Å²) >= 11 is 1.76. The van der Waals surface area contributed by atoms with Crippen LogP contribution >= 0.6 is 11.3 Å². The molecule has 1 saturated heterocycles. The maximum Gasteiger partial charge on any atom is 0.258 e. The van der Waals surface area contributed by atoms with Gasteiger partial charge in [-0.3, -0.25) is 14.5 Å². The minimum atomic E-state index is -0.612. The highest BCUT2D eigenvalue weighted by Crippen LogP contribution is 2.42. The van der Waals surface area contributed by atoms with Gasteiger partial charge in [-0.15, -0.1) is 11.3 Å². The molecular formula is C27H36N4O3S. The van der Waals surface area contributed by atoms with Crippen LogP contribution in [0.5, 0.6) is 0 Å². The number of hydrogen-bond acceptors (Lipinski definition) is 5. The highest BCUT2D eigenvalue weighted by Gasteiger charge is 2.41. The number of aromatic nitrogens is 1. The molecule has 2 aliphatic carbocycles. The summed E-state index contributed by atoms with van der Waals surface area (Å²) in [4.78, 5) is 33.8. The number of amides is 2. The molecule has 2 aromatic rings. The van der Waals surface area contributed by atoms with Gasteiger partial charge < -0.3 is 19.5 Å². The highest BCUT2D eigenvalue weighted by atomic mass is 32.1. The van der Waals surface area contributed by atoms with Gasteiger partial charge in [-0.2, -0.15) is 0 Å². The molecule has 1 saturated carbocycles. The van der Waals surface area contributed by atoms with Crippen molar-refractivity contribution in [2.75, 3.05) is 39.4 Å². The smallest absolute Gasteiger partial charge is 0.258 e. The molecule has 0 bridgehead atoms. The van der Waals surface area contributed by atoms with Crippen LogP contribution < -0.4 is 5.32 Å². The van der Waals surface area contributed by atoms with Gasteiger partial charge in [-0.05, 0) is 56.2 Å². The summed E-state index contributed by atoms with van der Waals surface area (Å²) in [5.74, 6) is -0.00338. The van der Waals surface area contributed by atoms with Gasteiger partial charge in [0.2, 0.25) is 5.91 Å². The van der Waals surface area contributed by atoms with Crippen molar-refractivity contribution in [1.82, 2.24) is 19.7 Å². The molecule has 0 aromatic carbocycles. The number of fused-ring (bicyclic) bond motifs is 5. The van der Waals surface area contributed by atoms with Crippen LogP contribution in [0.3, 0.4) is 0 Å². The van der Waals surface area contributed by atoms with Crippen LogP contribution in [-0.2, 0) is 22.4 Å². The van der Waals surface area contributed by atoms with Crippen LogP contribution in [0.1, 0.15) is 77.5 Å².